The lowest BCUT2D eigenvalue weighted by Gasteiger charge is -2.35. The average molecular weight is 289 g/mol. The van der Waals surface area contributed by atoms with Crippen LogP contribution in [0.4, 0.5) is 0 Å². The van der Waals surface area contributed by atoms with Crippen molar-refractivity contribution < 1.29 is 8.42 Å². The van der Waals surface area contributed by atoms with Crippen LogP contribution in [0.3, 0.4) is 0 Å². The number of hydrogen-bond donors (Lipinski definition) is 2. The van der Waals surface area contributed by atoms with Crippen molar-refractivity contribution in [3.63, 3.8) is 0 Å². The van der Waals surface area contributed by atoms with E-state index in [1.807, 2.05) is 6.92 Å². The third-order valence-electron chi connectivity index (χ3n) is 4.35. The standard InChI is InChI=1S/C13H27N3O2S/c1-10(2)7-13(3,9-14)15-19(17,18)16-8-11-4-5-12(16)6-11/h10-12,15H,4-9,14H2,1-3H3. The monoisotopic (exact) mass is 289 g/mol. The lowest BCUT2D eigenvalue weighted by Crippen LogP contribution is -2.57. The fourth-order valence-corrected chi connectivity index (χ4v) is 5.51. The molecule has 0 aromatic heterocycles. The van der Waals surface area contributed by atoms with Crippen molar-refractivity contribution >= 4 is 10.2 Å². The Bertz CT molecular complexity index is 424. The van der Waals surface area contributed by atoms with Gasteiger partial charge >= 0.3 is 0 Å². The van der Waals surface area contributed by atoms with Gasteiger partial charge in [-0.1, -0.05) is 13.8 Å². The molecule has 1 saturated carbocycles. The predicted molar refractivity (Wildman–Crippen MR) is 76.8 cm³/mol. The third-order valence-corrected chi connectivity index (χ3v) is 6.17. The van der Waals surface area contributed by atoms with Gasteiger partial charge in [0.15, 0.2) is 0 Å². The summed E-state index contributed by atoms with van der Waals surface area (Å²) in [6.07, 6.45) is 3.97. The van der Waals surface area contributed by atoms with Crippen LogP contribution in [0.1, 0.15) is 46.5 Å². The smallest absolute Gasteiger partial charge is 0.280 e. The van der Waals surface area contributed by atoms with Crippen LogP contribution in [0.5, 0.6) is 0 Å². The normalized spacial score (nSPS) is 31.0. The summed E-state index contributed by atoms with van der Waals surface area (Å²) < 4.78 is 29.6. The van der Waals surface area contributed by atoms with Crippen LogP contribution in [0, 0.1) is 11.8 Å². The zero-order chi connectivity index (χ0) is 14.3. The van der Waals surface area contributed by atoms with Crippen LogP contribution in [0.2, 0.25) is 0 Å². The number of nitrogens with two attached hydrogens (primary N) is 1. The Morgan fingerprint density at radius 1 is 1.42 bits per heavy atom. The first-order chi connectivity index (χ1) is 8.76. The molecule has 0 spiro atoms. The molecule has 1 aliphatic heterocycles. The summed E-state index contributed by atoms with van der Waals surface area (Å²) in [5, 5.41) is 0. The van der Waals surface area contributed by atoms with E-state index >= 15 is 0 Å². The van der Waals surface area contributed by atoms with E-state index in [2.05, 4.69) is 18.6 Å². The Kier molecular flexibility index (Phi) is 4.26. The predicted octanol–water partition coefficient (Wildman–Crippen LogP) is 1.07. The highest BCUT2D eigenvalue weighted by Crippen LogP contribution is 2.39. The number of nitrogens with zero attached hydrogens (tertiary/aromatic N) is 1. The lowest BCUT2D eigenvalue weighted by atomic mass is 9.92. The summed E-state index contributed by atoms with van der Waals surface area (Å²) in [5.74, 6) is 0.974. The highest BCUT2D eigenvalue weighted by Gasteiger charge is 2.45. The van der Waals surface area contributed by atoms with E-state index in [0.29, 0.717) is 24.9 Å². The Hall–Kier alpha value is -0.170. The highest BCUT2D eigenvalue weighted by molar-refractivity contribution is 7.87. The molecule has 0 amide bonds. The Labute approximate surface area is 117 Å². The summed E-state index contributed by atoms with van der Waals surface area (Å²) >= 11 is 0. The van der Waals surface area contributed by atoms with Gasteiger partial charge in [0.1, 0.15) is 0 Å². The highest BCUT2D eigenvalue weighted by atomic mass is 32.2. The summed E-state index contributed by atoms with van der Waals surface area (Å²) in [4.78, 5) is 0. The van der Waals surface area contributed by atoms with Crippen molar-refractivity contribution in [2.24, 2.45) is 17.6 Å². The number of hydrogen-bond acceptors (Lipinski definition) is 3. The van der Waals surface area contributed by atoms with E-state index in [9.17, 15) is 8.42 Å². The molecule has 1 heterocycles. The third kappa shape index (κ3) is 3.29. The van der Waals surface area contributed by atoms with E-state index < -0.39 is 15.7 Å². The van der Waals surface area contributed by atoms with Gasteiger partial charge in [0.25, 0.3) is 10.2 Å². The fourth-order valence-electron chi connectivity index (χ4n) is 3.61. The second-order valence-corrected chi connectivity index (χ2v) is 8.50. The van der Waals surface area contributed by atoms with Crippen molar-refractivity contribution in [2.75, 3.05) is 13.1 Å². The number of piperidine rings is 1. The molecule has 0 aromatic carbocycles. The number of nitrogens with one attached hydrogen (secondary N) is 1. The van der Waals surface area contributed by atoms with E-state index in [4.69, 9.17) is 5.73 Å². The van der Waals surface area contributed by atoms with E-state index in [1.165, 1.54) is 6.42 Å². The van der Waals surface area contributed by atoms with Gasteiger partial charge in [0.05, 0.1) is 0 Å². The molecule has 2 aliphatic rings. The summed E-state index contributed by atoms with van der Waals surface area (Å²) in [6, 6.07) is 0.212. The topological polar surface area (TPSA) is 75.4 Å². The minimum absolute atomic E-state index is 0.212. The van der Waals surface area contributed by atoms with Gasteiger partial charge in [-0.2, -0.15) is 17.4 Å². The average Bonchev–Trinajstić information content (AvgIpc) is 2.88. The van der Waals surface area contributed by atoms with Gasteiger partial charge in [-0.3, -0.25) is 0 Å². The molecule has 112 valence electrons. The zero-order valence-corrected chi connectivity index (χ0v) is 13.0. The lowest BCUT2D eigenvalue weighted by molar-refractivity contribution is 0.299. The van der Waals surface area contributed by atoms with Gasteiger partial charge in [0, 0.05) is 24.7 Å². The fraction of sp³-hybridized carbons (Fsp3) is 1.00. The first kappa shape index (κ1) is 15.2. The Morgan fingerprint density at radius 2 is 2.11 bits per heavy atom. The zero-order valence-electron chi connectivity index (χ0n) is 12.2. The summed E-state index contributed by atoms with van der Waals surface area (Å²) in [6.45, 7) is 7.08. The number of fused-ring (bicyclic) bond motifs is 2. The van der Waals surface area contributed by atoms with Crippen molar-refractivity contribution in [1.82, 2.24) is 9.03 Å². The molecule has 3 atom stereocenters. The van der Waals surface area contributed by atoms with Crippen LogP contribution in [0.15, 0.2) is 0 Å². The minimum Gasteiger partial charge on any atom is -0.329 e. The van der Waals surface area contributed by atoms with Gasteiger partial charge in [-0.15, -0.1) is 0 Å². The molecule has 19 heavy (non-hydrogen) atoms. The molecule has 2 rings (SSSR count). The van der Waals surface area contributed by atoms with E-state index in [0.717, 1.165) is 19.3 Å². The second kappa shape index (κ2) is 5.31. The quantitative estimate of drug-likeness (QED) is 0.768. The summed E-state index contributed by atoms with van der Waals surface area (Å²) in [5.41, 5.74) is 5.24. The molecular weight excluding hydrogens is 262 g/mol. The van der Waals surface area contributed by atoms with Crippen molar-refractivity contribution in [2.45, 2.75) is 58.0 Å². The van der Waals surface area contributed by atoms with Crippen molar-refractivity contribution in [3.05, 3.63) is 0 Å². The molecule has 3 N–H and O–H groups in total. The van der Waals surface area contributed by atoms with E-state index in [-0.39, 0.29) is 6.04 Å². The number of rotatable bonds is 6. The molecule has 0 radical (unpaired) electrons. The van der Waals surface area contributed by atoms with Gasteiger partial charge in [0.2, 0.25) is 0 Å². The molecule has 5 nitrogen and oxygen atoms in total. The molecule has 2 bridgehead atoms. The summed E-state index contributed by atoms with van der Waals surface area (Å²) in [7, 11) is -3.40. The van der Waals surface area contributed by atoms with Gasteiger partial charge in [-0.25, -0.2) is 0 Å². The molecule has 0 aromatic rings. The van der Waals surface area contributed by atoms with Crippen LogP contribution in [0.25, 0.3) is 0 Å². The molecular formula is C13H27N3O2S. The van der Waals surface area contributed by atoms with E-state index in [1.54, 1.807) is 4.31 Å². The van der Waals surface area contributed by atoms with Crippen molar-refractivity contribution in [1.29, 1.82) is 0 Å². The van der Waals surface area contributed by atoms with Gasteiger partial charge < -0.3 is 5.73 Å². The minimum atomic E-state index is -3.40. The van der Waals surface area contributed by atoms with Crippen LogP contribution in [-0.2, 0) is 10.2 Å². The van der Waals surface area contributed by atoms with Crippen molar-refractivity contribution in [3.8, 4) is 0 Å². The Balaban J connectivity index is 2.08. The van der Waals surface area contributed by atoms with Gasteiger partial charge in [-0.05, 0) is 44.4 Å². The molecule has 1 saturated heterocycles. The Morgan fingerprint density at radius 3 is 2.53 bits per heavy atom. The van der Waals surface area contributed by atoms with Crippen LogP contribution < -0.4 is 10.5 Å². The molecule has 3 unspecified atom stereocenters. The van der Waals surface area contributed by atoms with Crippen LogP contribution >= 0.6 is 0 Å². The largest absolute Gasteiger partial charge is 0.329 e. The van der Waals surface area contributed by atoms with Crippen LogP contribution in [-0.4, -0.2) is 37.4 Å². The first-order valence-electron chi connectivity index (χ1n) is 7.26. The molecule has 2 fully saturated rings. The SMILES string of the molecule is CC(C)CC(C)(CN)NS(=O)(=O)N1CC2CCC1C2. The maximum absolute atomic E-state index is 12.5. The first-order valence-corrected chi connectivity index (χ1v) is 8.70. The maximum Gasteiger partial charge on any atom is 0.280 e. The second-order valence-electron chi connectivity index (χ2n) is 6.87. The molecule has 6 heteroatoms. The maximum atomic E-state index is 12.5. The molecule has 1 aliphatic carbocycles.